The van der Waals surface area contributed by atoms with Crippen LogP contribution in [0.5, 0.6) is 0 Å². The number of carbonyl (C=O) groups is 1. The lowest BCUT2D eigenvalue weighted by Crippen LogP contribution is -2.44. The van der Waals surface area contributed by atoms with Crippen molar-refractivity contribution in [2.24, 2.45) is 0 Å². The third-order valence-electron chi connectivity index (χ3n) is 5.63. The first-order chi connectivity index (χ1) is 15.9. The normalized spacial score (nSPS) is 16.1. The summed E-state index contributed by atoms with van der Waals surface area (Å²) in [5.41, 5.74) is 5.80. The molecule has 0 radical (unpaired) electrons. The molecule has 0 saturated heterocycles. The summed E-state index contributed by atoms with van der Waals surface area (Å²) in [6.07, 6.45) is -1.44. The molecule has 1 aliphatic heterocycles. The topological polar surface area (TPSA) is 95.9 Å². The monoisotopic (exact) mass is 486 g/mol. The number of hydrogen-bond donors (Lipinski definition) is 2. The van der Waals surface area contributed by atoms with Crippen molar-refractivity contribution in [1.29, 1.82) is 0 Å². The number of ether oxygens (including phenoxy) is 1. The SMILES string of the molecule is O=C(NO)O[C@@H]1c2ccccc2CCN1S(=O)(=O)CCc1ccc(-c2ccc(Cl)cc2)cc1. The van der Waals surface area contributed by atoms with Gasteiger partial charge in [-0.25, -0.2) is 18.7 Å². The van der Waals surface area contributed by atoms with Crippen LogP contribution in [0, 0.1) is 0 Å². The summed E-state index contributed by atoms with van der Waals surface area (Å²) >= 11 is 5.94. The number of halogens is 1. The number of rotatable bonds is 6. The molecule has 0 aromatic heterocycles. The third-order valence-corrected chi connectivity index (χ3v) is 7.69. The molecule has 1 amide bonds. The van der Waals surface area contributed by atoms with Gasteiger partial charge in [-0.2, -0.15) is 4.31 Å². The average Bonchev–Trinajstić information content (AvgIpc) is 2.83. The molecule has 0 unspecified atom stereocenters. The van der Waals surface area contributed by atoms with Crippen molar-refractivity contribution in [3.63, 3.8) is 0 Å². The highest BCUT2D eigenvalue weighted by Crippen LogP contribution is 2.33. The van der Waals surface area contributed by atoms with Crippen LogP contribution >= 0.6 is 11.6 Å². The van der Waals surface area contributed by atoms with Crippen LogP contribution in [0.15, 0.2) is 72.8 Å². The highest BCUT2D eigenvalue weighted by atomic mass is 35.5. The number of aryl methyl sites for hydroxylation is 1. The molecule has 172 valence electrons. The predicted molar refractivity (Wildman–Crippen MR) is 125 cm³/mol. The molecule has 1 atom stereocenters. The van der Waals surface area contributed by atoms with Crippen LogP contribution in [0.4, 0.5) is 4.79 Å². The van der Waals surface area contributed by atoms with Gasteiger partial charge in [0.25, 0.3) is 0 Å². The first-order valence-electron chi connectivity index (χ1n) is 10.4. The van der Waals surface area contributed by atoms with E-state index < -0.39 is 22.3 Å². The fraction of sp³-hybridized carbons (Fsp3) is 0.208. The minimum absolute atomic E-state index is 0.143. The summed E-state index contributed by atoms with van der Waals surface area (Å²) in [4.78, 5) is 11.7. The van der Waals surface area contributed by atoms with Gasteiger partial charge in [-0.3, -0.25) is 5.21 Å². The van der Waals surface area contributed by atoms with Crippen LogP contribution in [0.25, 0.3) is 11.1 Å². The Bertz CT molecular complexity index is 1230. The van der Waals surface area contributed by atoms with Gasteiger partial charge in [0.1, 0.15) is 0 Å². The Balaban J connectivity index is 1.49. The minimum Gasteiger partial charge on any atom is -0.423 e. The highest BCUT2D eigenvalue weighted by Gasteiger charge is 2.37. The zero-order valence-electron chi connectivity index (χ0n) is 17.6. The summed E-state index contributed by atoms with van der Waals surface area (Å²) in [6, 6.07) is 22.4. The van der Waals surface area contributed by atoms with E-state index in [9.17, 15) is 13.2 Å². The van der Waals surface area contributed by atoms with E-state index in [-0.39, 0.29) is 12.3 Å². The summed E-state index contributed by atoms with van der Waals surface area (Å²) in [7, 11) is -3.76. The largest absolute Gasteiger partial charge is 0.432 e. The number of nitrogens with one attached hydrogen (secondary N) is 1. The Morgan fingerprint density at radius 1 is 1.03 bits per heavy atom. The molecule has 0 fully saturated rings. The van der Waals surface area contributed by atoms with Gasteiger partial charge < -0.3 is 4.74 Å². The van der Waals surface area contributed by atoms with Crippen LogP contribution in [0.1, 0.15) is 22.9 Å². The number of sulfonamides is 1. The third kappa shape index (κ3) is 5.36. The minimum atomic E-state index is -3.76. The van der Waals surface area contributed by atoms with E-state index in [1.807, 2.05) is 60.7 Å². The van der Waals surface area contributed by atoms with Crippen molar-refractivity contribution in [3.05, 3.63) is 94.5 Å². The summed E-state index contributed by atoms with van der Waals surface area (Å²) in [6.45, 7) is 0.179. The molecule has 9 heteroatoms. The van der Waals surface area contributed by atoms with Crippen molar-refractivity contribution in [3.8, 4) is 11.1 Å². The van der Waals surface area contributed by atoms with Crippen molar-refractivity contribution in [1.82, 2.24) is 9.79 Å². The van der Waals surface area contributed by atoms with Gasteiger partial charge in [-0.05, 0) is 47.2 Å². The fourth-order valence-corrected chi connectivity index (χ4v) is 5.58. The van der Waals surface area contributed by atoms with E-state index in [0.717, 1.165) is 22.3 Å². The first kappa shape index (κ1) is 23.3. The van der Waals surface area contributed by atoms with Crippen LogP contribution < -0.4 is 5.48 Å². The molecule has 33 heavy (non-hydrogen) atoms. The van der Waals surface area contributed by atoms with Crippen LogP contribution in [0.2, 0.25) is 5.02 Å². The molecule has 4 rings (SSSR count). The standard InChI is InChI=1S/C24H23ClN2O5S/c25-21-11-9-19(10-12-21)18-7-5-17(6-8-18)14-16-33(30,31)27-15-13-20-3-1-2-4-22(20)23(27)32-24(28)26-29/h1-12,23,29H,13-16H2,(H,26,28)/t23-/m1/s1. The molecule has 0 saturated carbocycles. The van der Waals surface area contributed by atoms with Gasteiger partial charge in [0.2, 0.25) is 10.0 Å². The average molecular weight is 487 g/mol. The van der Waals surface area contributed by atoms with Gasteiger partial charge in [0.15, 0.2) is 6.23 Å². The Morgan fingerprint density at radius 2 is 1.67 bits per heavy atom. The molecule has 3 aromatic carbocycles. The quantitative estimate of drug-likeness (QED) is 0.393. The highest BCUT2D eigenvalue weighted by molar-refractivity contribution is 7.89. The molecule has 0 bridgehead atoms. The van der Waals surface area contributed by atoms with E-state index >= 15 is 0 Å². The van der Waals surface area contributed by atoms with Gasteiger partial charge >= 0.3 is 6.09 Å². The molecular formula is C24H23ClN2O5S. The van der Waals surface area contributed by atoms with Crippen LogP contribution in [-0.2, 0) is 27.6 Å². The van der Waals surface area contributed by atoms with E-state index in [4.69, 9.17) is 21.5 Å². The number of carbonyl (C=O) groups excluding carboxylic acids is 1. The lowest BCUT2D eigenvalue weighted by Gasteiger charge is -2.35. The molecule has 7 nitrogen and oxygen atoms in total. The first-order valence-corrected chi connectivity index (χ1v) is 12.4. The molecular weight excluding hydrogens is 464 g/mol. The Labute approximate surface area is 197 Å². The van der Waals surface area contributed by atoms with Crippen molar-refractivity contribution in [2.75, 3.05) is 12.3 Å². The maximum absolute atomic E-state index is 13.2. The Hall–Kier alpha value is -2.91. The smallest absolute Gasteiger partial charge is 0.423 e. The molecule has 3 aromatic rings. The van der Waals surface area contributed by atoms with E-state index in [1.54, 1.807) is 12.1 Å². The molecule has 2 N–H and O–H groups in total. The summed E-state index contributed by atoms with van der Waals surface area (Å²) in [5, 5.41) is 9.54. The summed E-state index contributed by atoms with van der Waals surface area (Å²) < 4.78 is 32.8. The van der Waals surface area contributed by atoms with E-state index in [0.29, 0.717) is 23.4 Å². The fourth-order valence-electron chi connectivity index (χ4n) is 3.91. The van der Waals surface area contributed by atoms with Gasteiger partial charge in [0.05, 0.1) is 5.75 Å². The molecule has 1 aliphatic rings. The Kier molecular flexibility index (Phi) is 6.99. The second-order valence-electron chi connectivity index (χ2n) is 7.70. The Morgan fingerprint density at radius 3 is 2.33 bits per heavy atom. The number of fused-ring (bicyclic) bond motifs is 1. The van der Waals surface area contributed by atoms with Gasteiger partial charge in [-0.15, -0.1) is 0 Å². The number of nitrogens with zero attached hydrogens (tertiary/aromatic N) is 1. The van der Waals surface area contributed by atoms with Gasteiger partial charge in [-0.1, -0.05) is 72.3 Å². The van der Waals surface area contributed by atoms with Crippen molar-refractivity contribution < 1.29 is 23.2 Å². The zero-order valence-corrected chi connectivity index (χ0v) is 19.2. The van der Waals surface area contributed by atoms with E-state index in [1.165, 1.54) is 9.79 Å². The number of benzene rings is 3. The number of hydrogen-bond acceptors (Lipinski definition) is 5. The summed E-state index contributed by atoms with van der Waals surface area (Å²) in [5.74, 6) is -0.143. The predicted octanol–water partition coefficient (Wildman–Crippen LogP) is 4.55. The number of amides is 1. The maximum Gasteiger partial charge on any atom is 0.432 e. The second kappa shape index (κ2) is 9.93. The second-order valence-corrected chi connectivity index (χ2v) is 10.2. The molecule has 0 aliphatic carbocycles. The molecule has 1 heterocycles. The van der Waals surface area contributed by atoms with Crippen LogP contribution in [0.3, 0.4) is 0 Å². The van der Waals surface area contributed by atoms with Crippen LogP contribution in [-0.4, -0.2) is 36.3 Å². The molecule has 0 spiro atoms. The van der Waals surface area contributed by atoms with Crippen molar-refractivity contribution in [2.45, 2.75) is 19.1 Å². The lowest BCUT2D eigenvalue weighted by atomic mass is 10.00. The van der Waals surface area contributed by atoms with Gasteiger partial charge in [0, 0.05) is 17.1 Å². The zero-order chi connectivity index (χ0) is 23.4. The number of hydroxylamine groups is 1. The van der Waals surface area contributed by atoms with E-state index in [2.05, 4.69) is 0 Å². The maximum atomic E-state index is 13.2. The lowest BCUT2D eigenvalue weighted by molar-refractivity contribution is 0.00239. The van der Waals surface area contributed by atoms with Crippen molar-refractivity contribution >= 4 is 27.7 Å².